The zero-order valence-electron chi connectivity index (χ0n) is 9.91. The molecule has 2 rings (SSSR count). The Morgan fingerprint density at radius 2 is 1.74 bits per heavy atom. The minimum Gasteiger partial charge on any atom is -0.497 e. The van der Waals surface area contributed by atoms with Gasteiger partial charge in [-0.15, -0.1) is 0 Å². The summed E-state index contributed by atoms with van der Waals surface area (Å²) in [5, 5.41) is 3.33. The average Bonchev–Trinajstić information content (AvgIpc) is 2.37. The predicted molar refractivity (Wildman–Crippen MR) is 65.2 cm³/mol. The minimum absolute atomic E-state index is 0.0972. The van der Waals surface area contributed by atoms with Crippen LogP contribution in [0, 0.1) is 0 Å². The number of ether oxygens (including phenoxy) is 1. The van der Waals surface area contributed by atoms with Crippen molar-refractivity contribution in [2.45, 2.75) is 6.18 Å². The number of halogens is 3. The molecule has 2 aromatic rings. The van der Waals surface area contributed by atoms with Gasteiger partial charge in [-0.25, -0.2) is 0 Å². The van der Waals surface area contributed by atoms with Gasteiger partial charge in [0.1, 0.15) is 5.75 Å². The first-order valence-electron chi connectivity index (χ1n) is 5.36. The molecule has 100 valence electrons. The van der Waals surface area contributed by atoms with Gasteiger partial charge in [-0.05, 0) is 35.0 Å². The van der Waals surface area contributed by atoms with Gasteiger partial charge in [-0.1, -0.05) is 12.1 Å². The summed E-state index contributed by atoms with van der Waals surface area (Å²) in [5.74, 6) is -1.33. The molecule has 0 aliphatic rings. The van der Waals surface area contributed by atoms with Gasteiger partial charge in [0.2, 0.25) is 0 Å². The number of carbonyl (C=O) groups is 1. The molecular formula is C13H10F3NO2. The van der Waals surface area contributed by atoms with E-state index in [-0.39, 0.29) is 5.69 Å². The molecule has 0 atom stereocenters. The van der Waals surface area contributed by atoms with Crippen molar-refractivity contribution >= 4 is 22.4 Å². The van der Waals surface area contributed by atoms with Crippen molar-refractivity contribution in [3.63, 3.8) is 0 Å². The highest BCUT2D eigenvalue weighted by molar-refractivity contribution is 5.97. The monoisotopic (exact) mass is 269 g/mol. The van der Waals surface area contributed by atoms with Gasteiger partial charge >= 0.3 is 12.1 Å². The summed E-state index contributed by atoms with van der Waals surface area (Å²) >= 11 is 0. The lowest BCUT2D eigenvalue weighted by atomic mass is 10.1. The Bertz CT molecular complexity index is 623. The van der Waals surface area contributed by atoms with E-state index in [1.807, 2.05) is 5.32 Å². The molecule has 0 spiro atoms. The number of hydrogen-bond donors (Lipinski definition) is 1. The van der Waals surface area contributed by atoms with Crippen molar-refractivity contribution < 1.29 is 22.7 Å². The molecule has 0 radical (unpaired) electrons. The second-order valence-corrected chi connectivity index (χ2v) is 3.88. The number of anilines is 1. The van der Waals surface area contributed by atoms with E-state index in [1.165, 1.54) is 19.2 Å². The third-order valence-electron chi connectivity index (χ3n) is 2.56. The zero-order chi connectivity index (χ0) is 14.0. The van der Waals surface area contributed by atoms with Crippen LogP contribution in [0.15, 0.2) is 36.4 Å². The zero-order valence-corrected chi connectivity index (χ0v) is 9.91. The Kier molecular flexibility index (Phi) is 3.33. The lowest BCUT2D eigenvalue weighted by molar-refractivity contribution is -0.167. The number of nitrogens with one attached hydrogen (secondary N) is 1. The van der Waals surface area contributed by atoms with Crippen LogP contribution in [0.4, 0.5) is 18.9 Å². The maximum Gasteiger partial charge on any atom is 0.471 e. The third kappa shape index (κ3) is 2.96. The summed E-state index contributed by atoms with van der Waals surface area (Å²) in [7, 11) is 1.53. The maximum atomic E-state index is 12.1. The molecule has 0 aliphatic carbocycles. The van der Waals surface area contributed by atoms with Crippen LogP contribution >= 0.6 is 0 Å². The molecular weight excluding hydrogens is 259 g/mol. The number of benzene rings is 2. The second kappa shape index (κ2) is 4.79. The van der Waals surface area contributed by atoms with E-state index < -0.39 is 12.1 Å². The second-order valence-electron chi connectivity index (χ2n) is 3.88. The molecule has 0 fully saturated rings. The minimum atomic E-state index is -4.89. The van der Waals surface area contributed by atoms with E-state index in [0.717, 1.165) is 5.39 Å². The van der Waals surface area contributed by atoms with E-state index in [4.69, 9.17) is 4.74 Å². The van der Waals surface area contributed by atoms with Gasteiger partial charge in [0.25, 0.3) is 0 Å². The summed E-state index contributed by atoms with van der Waals surface area (Å²) in [6.07, 6.45) is -4.89. The van der Waals surface area contributed by atoms with Gasteiger partial charge < -0.3 is 10.1 Å². The van der Waals surface area contributed by atoms with Crippen molar-refractivity contribution in [2.24, 2.45) is 0 Å². The van der Waals surface area contributed by atoms with Gasteiger partial charge in [0.05, 0.1) is 7.11 Å². The molecule has 2 aromatic carbocycles. The average molecular weight is 269 g/mol. The smallest absolute Gasteiger partial charge is 0.471 e. The van der Waals surface area contributed by atoms with Gasteiger partial charge in [0.15, 0.2) is 0 Å². The van der Waals surface area contributed by atoms with Crippen LogP contribution in [0.5, 0.6) is 5.75 Å². The van der Waals surface area contributed by atoms with E-state index in [2.05, 4.69) is 0 Å². The van der Waals surface area contributed by atoms with E-state index >= 15 is 0 Å². The normalized spacial score (nSPS) is 11.4. The summed E-state index contributed by atoms with van der Waals surface area (Å²) in [6.45, 7) is 0. The van der Waals surface area contributed by atoms with Crippen LogP contribution in [0.25, 0.3) is 10.8 Å². The molecule has 6 heteroatoms. The Labute approximate surface area is 107 Å². The number of carbonyl (C=O) groups excluding carboxylic acids is 1. The van der Waals surface area contributed by atoms with Crippen molar-refractivity contribution in [1.82, 2.24) is 0 Å². The van der Waals surface area contributed by atoms with Crippen LogP contribution in [0.1, 0.15) is 0 Å². The third-order valence-corrected chi connectivity index (χ3v) is 2.56. The molecule has 1 amide bonds. The number of hydrogen-bond acceptors (Lipinski definition) is 2. The van der Waals surface area contributed by atoms with Crippen molar-refractivity contribution in [2.75, 3.05) is 12.4 Å². The summed E-state index contributed by atoms with van der Waals surface area (Å²) in [5.41, 5.74) is 0.0972. The van der Waals surface area contributed by atoms with E-state index in [1.54, 1.807) is 24.3 Å². The fraction of sp³-hybridized carbons (Fsp3) is 0.154. The van der Waals surface area contributed by atoms with Crippen LogP contribution in [-0.2, 0) is 4.79 Å². The Morgan fingerprint density at radius 1 is 1.11 bits per heavy atom. The fourth-order valence-corrected chi connectivity index (χ4v) is 1.63. The van der Waals surface area contributed by atoms with Crippen LogP contribution in [-0.4, -0.2) is 19.2 Å². The van der Waals surface area contributed by atoms with E-state index in [0.29, 0.717) is 11.1 Å². The lowest BCUT2D eigenvalue weighted by Crippen LogP contribution is -2.29. The van der Waals surface area contributed by atoms with Gasteiger partial charge in [-0.2, -0.15) is 13.2 Å². The van der Waals surface area contributed by atoms with Gasteiger partial charge in [-0.3, -0.25) is 4.79 Å². The standard InChI is InChI=1S/C13H10F3NO2/c1-19-11-5-3-8-6-10(4-2-9(8)7-11)17-12(18)13(14,15)16/h2-7H,1H3,(H,17,18). The quantitative estimate of drug-likeness (QED) is 0.908. The largest absolute Gasteiger partial charge is 0.497 e. The fourth-order valence-electron chi connectivity index (χ4n) is 1.63. The topological polar surface area (TPSA) is 38.3 Å². The van der Waals surface area contributed by atoms with Crippen LogP contribution in [0.2, 0.25) is 0 Å². The molecule has 1 N–H and O–H groups in total. The first-order chi connectivity index (χ1) is 8.90. The lowest BCUT2D eigenvalue weighted by Gasteiger charge is -2.09. The van der Waals surface area contributed by atoms with Gasteiger partial charge in [0, 0.05) is 5.69 Å². The highest BCUT2D eigenvalue weighted by Gasteiger charge is 2.38. The number of rotatable bonds is 2. The molecule has 0 unspecified atom stereocenters. The number of methoxy groups -OCH3 is 1. The molecule has 3 nitrogen and oxygen atoms in total. The number of amides is 1. The van der Waals surface area contributed by atoms with Crippen molar-refractivity contribution in [3.05, 3.63) is 36.4 Å². The maximum absolute atomic E-state index is 12.1. The molecule has 0 saturated carbocycles. The first-order valence-corrected chi connectivity index (χ1v) is 5.36. The molecule has 19 heavy (non-hydrogen) atoms. The Morgan fingerprint density at radius 3 is 2.37 bits per heavy atom. The summed E-state index contributed by atoms with van der Waals surface area (Å²) in [6, 6.07) is 9.65. The highest BCUT2D eigenvalue weighted by atomic mass is 19.4. The van der Waals surface area contributed by atoms with Crippen LogP contribution in [0.3, 0.4) is 0 Å². The van der Waals surface area contributed by atoms with E-state index in [9.17, 15) is 18.0 Å². The highest BCUT2D eigenvalue weighted by Crippen LogP contribution is 2.25. The van der Waals surface area contributed by atoms with Crippen LogP contribution < -0.4 is 10.1 Å². The molecule has 0 heterocycles. The molecule has 0 bridgehead atoms. The van der Waals surface area contributed by atoms with Crippen molar-refractivity contribution in [1.29, 1.82) is 0 Å². The Hall–Kier alpha value is -2.24. The molecule has 0 saturated heterocycles. The number of fused-ring (bicyclic) bond motifs is 1. The Balaban J connectivity index is 2.30. The molecule has 0 aliphatic heterocycles. The first kappa shape index (κ1) is 13.2. The summed E-state index contributed by atoms with van der Waals surface area (Å²) in [4.78, 5) is 10.8. The molecule has 0 aromatic heterocycles. The SMILES string of the molecule is COc1ccc2cc(NC(=O)C(F)(F)F)ccc2c1. The summed E-state index contributed by atoms with van der Waals surface area (Å²) < 4.78 is 41.4. The van der Waals surface area contributed by atoms with Crippen molar-refractivity contribution in [3.8, 4) is 5.75 Å². The predicted octanol–water partition coefficient (Wildman–Crippen LogP) is 3.35. The number of alkyl halides is 3.